The van der Waals surface area contributed by atoms with E-state index in [4.69, 9.17) is 4.42 Å². The topological polar surface area (TPSA) is 13.1 Å². The average Bonchev–Trinajstić information content (AvgIpc) is 3.88. The molecule has 1 nitrogen and oxygen atoms in total. The van der Waals surface area contributed by atoms with Gasteiger partial charge in [0, 0.05) is 42.4 Å². The molecule has 0 fully saturated rings. The molecule has 0 amide bonds. The zero-order chi connectivity index (χ0) is 40.6. The molecule has 1 aliphatic rings. The van der Waals surface area contributed by atoms with Gasteiger partial charge in [-0.05, 0) is 107 Å². The van der Waals surface area contributed by atoms with Crippen LogP contribution in [0, 0.1) is 11.8 Å². The van der Waals surface area contributed by atoms with Gasteiger partial charge in [-0.1, -0.05) is 183 Å². The normalized spacial score (nSPS) is 15.6. The summed E-state index contributed by atoms with van der Waals surface area (Å²) in [4.78, 5) is 0. The smallest absolute Gasteiger partial charge is 0.142 e. The molecule has 12 rings (SSSR count). The van der Waals surface area contributed by atoms with Gasteiger partial charge in [0.2, 0.25) is 0 Å². The van der Waals surface area contributed by atoms with Gasteiger partial charge < -0.3 is 4.42 Å². The minimum atomic E-state index is 0.146. The van der Waals surface area contributed by atoms with Crippen molar-refractivity contribution in [1.82, 2.24) is 0 Å². The van der Waals surface area contributed by atoms with Crippen molar-refractivity contribution in [3.05, 3.63) is 228 Å². The molecule has 2 unspecified atom stereocenters. The Bertz CT molecular complexity index is 3690. The summed E-state index contributed by atoms with van der Waals surface area (Å²) in [6.07, 6.45) is 6.31. The Balaban J connectivity index is 1.08. The maximum atomic E-state index is 6.97. The molecule has 0 spiro atoms. The SMILES string of the molecule is C=C/C=C\C1C(c2ccccc2)=c2ccccc2=C(c2cccc3c2oc2ccc(-c4c5ccccc5c(-c5ccc6sc7ccccc7c6c5)c5ccccc45)cc23)C1C. The first kappa shape index (κ1) is 35.7. The number of hydrogen-bond acceptors (Lipinski definition) is 2. The van der Waals surface area contributed by atoms with Crippen molar-refractivity contribution in [1.29, 1.82) is 0 Å². The van der Waals surface area contributed by atoms with Gasteiger partial charge in [0.1, 0.15) is 11.2 Å². The van der Waals surface area contributed by atoms with Crippen LogP contribution >= 0.6 is 11.3 Å². The number of thiophene rings is 1. The lowest BCUT2D eigenvalue weighted by molar-refractivity contribution is 0.626. The van der Waals surface area contributed by atoms with E-state index in [0.29, 0.717) is 0 Å². The molecular formula is C59H40OS. The van der Waals surface area contributed by atoms with E-state index in [1.165, 1.54) is 91.1 Å². The van der Waals surface area contributed by atoms with Gasteiger partial charge >= 0.3 is 0 Å². The van der Waals surface area contributed by atoms with Crippen molar-refractivity contribution >= 4 is 86.1 Å². The van der Waals surface area contributed by atoms with Crippen LogP contribution < -0.4 is 10.4 Å². The Morgan fingerprint density at radius 2 is 1.03 bits per heavy atom. The van der Waals surface area contributed by atoms with Crippen LogP contribution in [0.25, 0.3) is 97.1 Å². The van der Waals surface area contributed by atoms with Gasteiger partial charge in [0.05, 0.1) is 0 Å². The number of para-hydroxylation sites is 1. The molecule has 1 aliphatic carbocycles. The quantitative estimate of drug-likeness (QED) is 0.121. The summed E-state index contributed by atoms with van der Waals surface area (Å²) in [5.41, 5.74) is 11.8. The van der Waals surface area contributed by atoms with Gasteiger partial charge in [0.15, 0.2) is 0 Å². The number of allylic oxidation sites excluding steroid dienone is 3. The predicted molar refractivity (Wildman–Crippen MR) is 262 cm³/mol. The first-order valence-corrected chi connectivity index (χ1v) is 22.0. The van der Waals surface area contributed by atoms with Crippen LogP contribution in [0.5, 0.6) is 0 Å². The van der Waals surface area contributed by atoms with Crippen LogP contribution in [0.1, 0.15) is 18.1 Å². The van der Waals surface area contributed by atoms with Crippen LogP contribution in [-0.4, -0.2) is 0 Å². The Hall–Kier alpha value is -7.26. The second kappa shape index (κ2) is 14.2. The number of benzene rings is 9. The zero-order valence-corrected chi connectivity index (χ0v) is 34.5. The second-order valence-electron chi connectivity index (χ2n) is 16.3. The molecule has 2 heterocycles. The molecule has 11 aromatic rings. The standard InChI is InChI=1S/C59H40OS/c1-3-4-19-40-36(2)55(42-21-8-9-22-43(42)56(40)37-17-6-5-7-18-37)49-28-16-27-48-50-34-38(30-32-52(50)60-59(48)49)57-44-23-10-12-25-46(44)58(47-26-13-11-24-45(47)57)39-31-33-54-51(35-39)41-20-14-15-29-53(41)61-54/h3-36,40H,1H2,2H3/b19-4-. The van der Waals surface area contributed by atoms with Gasteiger partial charge in [-0.3, -0.25) is 0 Å². The lowest BCUT2D eigenvalue weighted by Gasteiger charge is -2.31. The summed E-state index contributed by atoms with van der Waals surface area (Å²) in [6.45, 7) is 6.40. The number of hydrogen-bond donors (Lipinski definition) is 0. The van der Waals surface area contributed by atoms with Crippen LogP contribution in [-0.2, 0) is 0 Å². The van der Waals surface area contributed by atoms with E-state index in [1.807, 2.05) is 17.4 Å². The van der Waals surface area contributed by atoms with Crippen molar-refractivity contribution in [2.75, 3.05) is 0 Å². The summed E-state index contributed by atoms with van der Waals surface area (Å²) >= 11 is 1.87. The first-order valence-electron chi connectivity index (χ1n) is 21.2. The average molecular weight is 797 g/mol. The minimum absolute atomic E-state index is 0.146. The highest BCUT2D eigenvalue weighted by Gasteiger charge is 2.31. The first-order chi connectivity index (χ1) is 30.2. The molecule has 0 aliphatic heterocycles. The number of fused-ring (bicyclic) bond motifs is 9. The van der Waals surface area contributed by atoms with E-state index < -0.39 is 0 Å². The molecule has 0 saturated carbocycles. The third kappa shape index (κ3) is 5.53. The minimum Gasteiger partial charge on any atom is -0.455 e. The van der Waals surface area contributed by atoms with Crippen LogP contribution in [0.2, 0.25) is 0 Å². The highest BCUT2D eigenvalue weighted by molar-refractivity contribution is 7.25. The zero-order valence-electron chi connectivity index (χ0n) is 33.7. The van der Waals surface area contributed by atoms with Crippen molar-refractivity contribution < 1.29 is 4.42 Å². The molecule has 2 aromatic heterocycles. The molecule has 9 aromatic carbocycles. The van der Waals surface area contributed by atoms with E-state index >= 15 is 0 Å². The van der Waals surface area contributed by atoms with Crippen molar-refractivity contribution in [2.45, 2.75) is 6.92 Å². The van der Waals surface area contributed by atoms with Gasteiger partial charge in [-0.15, -0.1) is 11.3 Å². The molecule has 0 saturated heterocycles. The summed E-state index contributed by atoms with van der Waals surface area (Å²) < 4.78 is 9.61. The fourth-order valence-corrected chi connectivity index (χ4v) is 11.5. The fraction of sp³-hybridized carbons (Fsp3) is 0.0508. The lowest BCUT2D eigenvalue weighted by Crippen LogP contribution is -2.39. The van der Waals surface area contributed by atoms with E-state index in [-0.39, 0.29) is 11.8 Å². The maximum Gasteiger partial charge on any atom is 0.142 e. The molecular weight excluding hydrogens is 757 g/mol. The Morgan fingerprint density at radius 1 is 0.475 bits per heavy atom. The fourth-order valence-electron chi connectivity index (χ4n) is 10.4. The van der Waals surface area contributed by atoms with Crippen molar-refractivity contribution in [3.63, 3.8) is 0 Å². The summed E-state index contributed by atoms with van der Waals surface area (Å²) in [7, 11) is 0. The van der Waals surface area contributed by atoms with Crippen LogP contribution in [0.4, 0.5) is 0 Å². The van der Waals surface area contributed by atoms with Crippen molar-refractivity contribution in [3.8, 4) is 22.3 Å². The van der Waals surface area contributed by atoms with Crippen molar-refractivity contribution in [2.24, 2.45) is 11.8 Å². The largest absolute Gasteiger partial charge is 0.455 e. The second-order valence-corrected chi connectivity index (χ2v) is 17.4. The summed E-state index contributed by atoms with van der Waals surface area (Å²) in [5, 5.41) is 12.4. The Kier molecular flexibility index (Phi) is 8.30. The van der Waals surface area contributed by atoms with Gasteiger partial charge in [0.25, 0.3) is 0 Å². The van der Waals surface area contributed by atoms with E-state index in [0.717, 1.165) is 27.5 Å². The lowest BCUT2D eigenvalue weighted by atomic mass is 9.72. The van der Waals surface area contributed by atoms with Crippen LogP contribution in [0.15, 0.2) is 211 Å². The molecule has 61 heavy (non-hydrogen) atoms. The molecule has 288 valence electrons. The third-order valence-corrected chi connectivity index (χ3v) is 14.2. The Morgan fingerprint density at radius 3 is 1.72 bits per heavy atom. The monoisotopic (exact) mass is 796 g/mol. The predicted octanol–water partition coefficient (Wildman–Crippen LogP) is 15.0. The van der Waals surface area contributed by atoms with E-state index in [1.54, 1.807) is 0 Å². The van der Waals surface area contributed by atoms with Crippen LogP contribution in [0.3, 0.4) is 0 Å². The summed E-state index contributed by atoms with van der Waals surface area (Å²) in [5.74, 6) is 0.318. The number of rotatable bonds is 6. The maximum absolute atomic E-state index is 6.97. The summed E-state index contributed by atoms with van der Waals surface area (Å²) in [6, 6.07) is 66.9. The Labute approximate surface area is 358 Å². The van der Waals surface area contributed by atoms with Gasteiger partial charge in [-0.25, -0.2) is 0 Å². The number of furan rings is 1. The molecule has 0 radical (unpaired) electrons. The molecule has 0 bridgehead atoms. The highest BCUT2D eigenvalue weighted by Crippen LogP contribution is 2.47. The van der Waals surface area contributed by atoms with Gasteiger partial charge in [-0.2, -0.15) is 0 Å². The molecule has 2 atom stereocenters. The third-order valence-electron chi connectivity index (χ3n) is 13.0. The molecule has 2 heteroatoms. The molecule has 0 N–H and O–H groups in total. The van der Waals surface area contributed by atoms with E-state index in [9.17, 15) is 0 Å². The van der Waals surface area contributed by atoms with E-state index in [2.05, 4.69) is 208 Å². The highest BCUT2D eigenvalue weighted by atomic mass is 32.1.